The molecule has 1 aliphatic rings. The Morgan fingerprint density at radius 2 is 1.88 bits per heavy atom. The van der Waals surface area contributed by atoms with Gasteiger partial charge in [0.05, 0.1) is 22.4 Å². The van der Waals surface area contributed by atoms with Crippen molar-refractivity contribution in [2.24, 2.45) is 7.05 Å². The maximum atomic E-state index is 12.5. The third-order valence-electron chi connectivity index (χ3n) is 4.63. The molecular weight excluding hydrogens is 320 g/mol. The largest absolute Gasteiger partial charge is 0.361 e. The first-order chi connectivity index (χ1) is 11.7. The van der Waals surface area contributed by atoms with Gasteiger partial charge < -0.3 is 4.90 Å². The number of para-hydroxylation sites is 1. The summed E-state index contributed by atoms with van der Waals surface area (Å²) in [6.45, 7) is 4.72. The Morgan fingerprint density at radius 3 is 2.62 bits per heavy atom. The molecule has 0 unspecified atom stereocenters. The van der Waals surface area contributed by atoms with Crippen LogP contribution in [0.15, 0.2) is 46.6 Å². The van der Waals surface area contributed by atoms with E-state index in [0.29, 0.717) is 5.39 Å². The van der Waals surface area contributed by atoms with Crippen LogP contribution in [0.2, 0.25) is 0 Å². The van der Waals surface area contributed by atoms with Crippen molar-refractivity contribution in [3.63, 3.8) is 0 Å². The molecule has 1 aliphatic heterocycles. The van der Waals surface area contributed by atoms with Crippen LogP contribution in [0.3, 0.4) is 0 Å². The molecule has 0 amide bonds. The van der Waals surface area contributed by atoms with Crippen LogP contribution in [0, 0.1) is 0 Å². The van der Waals surface area contributed by atoms with Crippen LogP contribution in [-0.4, -0.2) is 40.6 Å². The molecule has 0 bridgehead atoms. The van der Waals surface area contributed by atoms with Gasteiger partial charge in [0, 0.05) is 33.2 Å². The Kier molecular flexibility index (Phi) is 4.08. The van der Waals surface area contributed by atoms with E-state index in [1.165, 1.54) is 5.00 Å². The van der Waals surface area contributed by atoms with Gasteiger partial charge in [-0.3, -0.25) is 14.3 Å². The molecule has 0 atom stereocenters. The molecule has 1 aromatic carbocycles. The second kappa shape index (κ2) is 6.37. The average Bonchev–Trinajstić information content (AvgIpc) is 3.15. The SMILES string of the molecule is Cn1c(CN2CCN(c3cccs3)CC2)nc2ccccc2c1=O. The van der Waals surface area contributed by atoms with Crippen molar-refractivity contribution in [3.05, 3.63) is 58.0 Å². The predicted molar refractivity (Wildman–Crippen MR) is 98.8 cm³/mol. The van der Waals surface area contributed by atoms with Crippen molar-refractivity contribution >= 4 is 27.2 Å². The van der Waals surface area contributed by atoms with Crippen molar-refractivity contribution in [1.29, 1.82) is 0 Å². The molecule has 4 rings (SSSR count). The van der Waals surface area contributed by atoms with Gasteiger partial charge in [-0.2, -0.15) is 0 Å². The smallest absolute Gasteiger partial charge is 0.261 e. The molecule has 0 aliphatic carbocycles. The van der Waals surface area contributed by atoms with Crippen molar-refractivity contribution in [2.45, 2.75) is 6.54 Å². The van der Waals surface area contributed by atoms with Gasteiger partial charge in [-0.05, 0) is 29.6 Å². The van der Waals surface area contributed by atoms with E-state index in [0.717, 1.165) is 44.1 Å². The number of rotatable bonds is 3. The third kappa shape index (κ3) is 2.83. The Bertz CT molecular complexity index is 895. The molecule has 6 heteroatoms. The number of fused-ring (bicyclic) bond motifs is 1. The van der Waals surface area contributed by atoms with Crippen LogP contribution in [0.1, 0.15) is 5.82 Å². The van der Waals surface area contributed by atoms with E-state index in [1.54, 1.807) is 15.9 Å². The summed E-state index contributed by atoms with van der Waals surface area (Å²) in [6, 6.07) is 11.8. The lowest BCUT2D eigenvalue weighted by molar-refractivity contribution is 0.241. The summed E-state index contributed by atoms with van der Waals surface area (Å²) in [5, 5.41) is 4.15. The van der Waals surface area contributed by atoms with E-state index in [1.807, 2.05) is 31.3 Å². The molecule has 124 valence electrons. The molecule has 24 heavy (non-hydrogen) atoms. The van der Waals surface area contributed by atoms with Crippen LogP contribution in [0.5, 0.6) is 0 Å². The fraction of sp³-hybridized carbons (Fsp3) is 0.333. The number of hydrogen-bond donors (Lipinski definition) is 0. The first-order valence-corrected chi connectivity index (χ1v) is 9.06. The highest BCUT2D eigenvalue weighted by Crippen LogP contribution is 2.22. The zero-order valence-electron chi connectivity index (χ0n) is 13.7. The topological polar surface area (TPSA) is 41.4 Å². The van der Waals surface area contributed by atoms with Crippen molar-refractivity contribution < 1.29 is 0 Å². The Labute approximate surface area is 144 Å². The summed E-state index contributed by atoms with van der Waals surface area (Å²) in [4.78, 5) is 22.0. The monoisotopic (exact) mass is 340 g/mol. The number of hydrogen-bond acceptors (Lipinski definition) is 5. The van der Waals surface area contributed by atoms with Gasteiger partial charge in [-0.1, -0.05) is 12.1 Å². The van der Waals surface area contributed by atoms with Crippen LogP contribution in [-0.2, 0) is 13.6 Å². The molecule has 0 N–H and O–H groups in total. The van der Waals surface area contributed by atoms with Gasteiger partial charge in [-0.15, -0.1) is 11.3 Å². The fourth-order valence-electron chi connectivity index (χ4n) is 3.18. The third-order valence-corrected chi connectivity index (χ3v) is 5.56. The van der Waals surface area contributed by atoms with E-state index in [4.69, 9.17) is 4.98 Å². The molecule has 5 nitrogen and oxygen atoms in total. The Morgan fingerprint density at radius 1 is 1.08 bits per heavy atom. The highest BCUT2D eigenvalue weighted by Gasteiger charge is 2.19. The van der Waals surface area contributed by atoms with Crippen LogP contribution in [0.4, 0.5) is 5.00 Å². The van der Waals surface area contributed by atoms with Crippen molar-refractivity contribution in [3.8, 4) is 0 Å². The summed E-state index contributed by atoms with van der Waals surface area (Å²) < 4.78 is 1.69. The van der Waals surface area contributed by atoms with E-state index in [2.05, 4.69) is 27.3 Å². The van der Waals surface area contributed by atoms with Crippen LogP contribution >= 0.6 is 11.3 Å². The van der Waals surface area contributed by atoms with E-state index in [9.17, 15) is 4.79 Å². The Hall–Kier alpha value is -2.18. The molecule has 1 fully saturated rings. The average molecular weight is 340 g/mol. The second-order valence-corrected chi connectivity index (χ2v) is 7.05. The molecule has 0 spiro atoms. The minimum atomic E-state index is 0.0350. The zero-order valence-corrected chi connectivity index (χ0v) is 14.5. The first-order valence-electron chi connectivity index (χ1n) is 8.18. The number of thiophene rings is 1. The normalized spacial score (nSPS) is 16.0. The molecule has 1 saturated heterocycles. The molecule has 3 aromatic rings. The maximum absolute atomic E-state index is 12.5. The summed E-state index contributed by atoms with van der Waals surface area (Å²) in [5.74, 6) is 0.836. The summed E-state index contributed by atoms with van der Waals surface area (Å²) in [6.07, 6.45) is 0. The number of benzene rings is 1. The zero-order chi connectivity index (χ0) is 16.5. The van der Waals surface area contributed by atoms with Gasteiger partial charge in [0.1, 0.15) is 5.82 Å². The van der Waals surface area contributed by atoms with Gasteiger partial charge in [0.2, 0.25) is 0 Å². The number of nitrogens with zero attached hydrogens (tertiary/aromatic N) is 4. The van der Waals surface area contributed by atoms with Gasteiger partial charge in [0.25, 0.3) is 5.56 Å². The lowest BCUT2D eigenvalue weighted by Gasteiger charge is -2.35. The standard InChI is InChI=1S/C18H20N4OS/c1-20-16(19-15-6-3-2-5-14(15)18(20)23)13-21-8-10-22(11-9-21)17-7-4-12-24-17/h2-7,12H,8-11,13H2,1H3. The minimum Gasteiger partial charge on any atom is -0.361 e. The van der Waals surface area contributed by atoms with Gasteiger partial charge >= 0.3 is 0 Å². The Balaban J connectivity index is 1.51. The van der Waals surface area contributed by atoms with E-state index < -0.39 is 0 Å². The summed E-state index contributed by atoms with van der Waals surface area (Å²) in [7, 11) is 1.82. The minimum absolute atomic E-state index is 0.0350. The van der Waals surface area contributed by atoms with Gasteiger partial charge in [-0.25, -0.2) is 4.98 Å². The number of anilines is 1. The van der Waals surface area contributed by atoms with Crippen LogP contribution in [0.25, 0.3) is 10.9 Å². The molecule has 2 aromatic heterocycles. The molecule has 0 saturated carbocycles. The summed E-state index contributed by atoms with van der Waals surface area (Å²) in [5.41, 5.74) is 0.820. The van der Waals surface area contributed by atoms with Crippen LogP contribution < -0.4 is 10.5 Å². The van der Waals surface area contributed by atoms with Crippen molar-refractivity contribution in [2.75, 3.05) is 31.1 Å². The van der Waals surface area contributed by atoms with E-state index in [-0.39, 0.29) is 5.56 Å². The fourth-order valence-corrected chi connectivity index (χ4v) is 3.97. The quantitative estimate of drug-likeness (QED) is 0.734. The lowest BCUT2D eigenvalue weighted by atomic mass is 10.2. The molecule has 0 radical (unpaired) electrons. The highest BCUT2D eigenvalue weighted by molar-refractivity contribution is 7.14. The maximum Gasteiger partial charge on any atom is 0.261 e. The van der Waals surface area contributed by atoms with Crippen molar-refractivity contribution in [1.82, 2.24) is 14.5 Å². The predicted octanol–water partition coefficient (Wildman–Crippen LogP) is 2.32. The lowest BCUT2D eigenvalue weighted by Crippen LogP contribution is -2.46. The van der Waals surface area contributed by atoms with E-state index >= 15 is 0 Å². The highest BCUT2D eigenvalue weighted by atomic mass is 32.1. The number of aromatic nitrogens is 2. The molecule has 3 heterocycles. The van der Waals surface area contributed by atoms with Gasteiger partial charge in [0.15, 0.2) is 0 Å². The number of piperazine rings is 1. The summed E-state index contributed by atoms with van der Waals surface area (Å²) >= 11 is 1.79. The second-order valence-electron chi connectivity index (χ2n) is 6.12. The molecular formula is C18H20N4OS. The first kappa shape index (κ1) is 15.4.